The van der Waals surface area contributed by atoms with Crippen molar-refractivity contribution >= 4 is 24.1 Å². The minimum atomic E-state index is -2.01. The number of aliphatic hydroxyl groups is 9. The van der Waals surface area contributed by atoms with Crippen LogP contribution in [0.4, 0.5) is 0 Å². The fourth-order valence-corrected chi connectivity index (χ4v) is 9.28. The normalized spacial score (nSPS) is 41.1. The summed E-state index contributed by atoms with van der Waals surface area (Å²) >= 11 is 0. The first-order chi connectivity index (χ1) is 33.5. The van der Waals surface area contributed by atoms with Gasteiger partial charge in [0.05, 0.1) is 44.7 Å². The van der Waals surface area contributed by atoms with Crippen LogP contribution < -0.4 is 4.74 Å². The summed E-state index contributed by atoms with van der Waals surface area (Å²) in [5.41, 5.74) is -0.460. The highest BCUT2D eigenvalue weighted by molar-refractivity contribution is 5.87. The van der Waals surface area contributed by atoms with Gasteiger partial charge in [-0.2, -0.15) is 0 Å². The Bertz CT molecular complexity index is 2220. The van der Waals surface area contributed by atoms with Gasteiger partial charge in [-0.1, -0.05) is 18.2 Å². The minimum Gasteiger partial charge on any atom is -0.504 e. The molecule has 70 heavy (non-hydrogen) atoms. The highest BCUT2D eigenvalue weighted by Crippen LogP contribution is 2.61. The summed E-state index contributed by atoms with van der Waals surface area (Å²) in [4.78, 5) is 26.1. The molecule has 0 aromatic heterocycles. The van der Waals surface area contributed by atoms with E-state index in [4.69, 9.17) is 52.1 Å². The fourth-order valence-electron chi connectivity index (χ4n) is 9.28. The van der Waals surface area contributed by atoms with Gasteiger partial charge in [0.1, 0.15) is 85.1 Å². The Labute approximate surface area is 398 Å². The molecule has 0 bridgehead atoms. The average Bonchev–Trinajstić information content (AvgIpc) is 4.03. The van der Waals surface area contributed by atoms with Crippen LogP contribution in [0, 0.1) is 11.8 Å². The molecule has 2 aromatic carbocycles. The molecule has 8 rings (SSSR count). The summed E-state index contributed by atoms with van der Waals surface area (Å²) in [6.07, 6.45) is -21.0. The van der Waals surface area contributed by atoms with Crippen LogP contribution in [0.15, 0.2) is 67.0 Å². The third-order valence-electron chi connectivity index (χ3n) is 13.2. The topological polar surface area (TPSA) is 362 Å². The lowest BCUT2D eigenvalue weighted by atomic mass is 9.85. The van der Waals surface area contributed by atoms with Gasteiger partial charge >= 0.3 is 11.9 Å². The zero-order valence-electron chi connectivity index (χ0n) is 37.4. The lowest BCUT2D eigenvalue weighted by molar-refractivity contribution is -0.364. The Morgan fingerprint density at radius 3 is 1.96 bits per heavy atom. The van der Waals surface area contributed by atoms with Crippen LogP contribution in [0.2, 0.25) is 0 Å². The molecule has 2 aromatic rings. The molecule has 1 aliphatic carbocycles. The summed E-state index contributed by atoms with van der Waals surface area (Å²) in [6.45, 7) is -0.545. The Balaban J connectivity index is 1.00. The Hall–Kier alpha value is -4.84. The second kappa shape index (κ2) is 21.5. The van der Waals surface area contributed by atoms with Gasteiger partial charge in [0.2, 0.25) is 6.29 Å². The van der Waals surface area contributed by atoms with Crippen molar-refractivity contribution in [1.82, 2.24) is 0 Å². The predicted molar refractivity (Wildman–Crippen MR) is 229 cm³/mol. The van der Waals surface area contributed by atoms with Gasteiger partial charge in [0, 0.05) is 18.1 Å². The van der Waals surface area contributed by atoms with Gasteiger partial charge in [-0.05, 0) is 60.5 Å². The molecule has 24 nitrogen and oxygen atoms in total. The Morgan fingerprint density at radius 1 is 0.671 bits per heavy atom. The summed E-state index contributed by atoms with van der Waals surface area (Å²) in [5.74, 6) is -3.74. The van der Waals surface area contributed by atoms with Crippen molar-refractivity contribution in [1.29, 1.82) is 0 Å². The molecular formula is C46H56O24. The number of aromatic hydroxyl groups is 2. The van der Waals surface area contributed by atoms with E-state index in [-0.39, 0.29) is 5.75 Å². The van der Waals surface area contributed by atoms with Gasteiger partial charge in [-0.25, -0.2) is 9.59 Å². The van der Waals surface area contributed by atoms with Crippen molar-refractivity contribution in [3.8, 4) is 17.2 Å². The highest BCUT2D eigenvalue weighted by atomic mass is 16.8. The van der Waals surface area contributed by atoms with Crippen molar-refractivity contribution in [2.45, 2.75) is 123 Å². The molecule has 5 fully saturated rings. The molecular weight excluding hydrogens is 936 g/mol. The number of esters is 2. The molecule has 384 valence electrons. The summed E-state index contributed by atoms with van der Waals surface area (Å²) in [6, 6.07) is 10.5. The number of benzene rings is 2. The number of epoxide rings is 1. The number of methoxy groups -OCH3 is 1. The molecule has 11 N–H and O–H groups in total. The summed E-state index contributed by atoms with van der Waals surface area (Å²) in [7, 11) is 1.50. The third-order valence-corrected chi connectivity index (χ3v) is 13.2. The van der Waals surface area contributed by atoms with Crippen LogP contribution in [-0.4, -0.2) is 211 Å². The zero-order valence-corrected chi connectivity index (χ0v) is 37.4. The molecule has 0 spiro atoms. The van der Waals surface area contributed by atoms with E-state index in [0.717, 1.165) is 12.2 Å². The van der Waals surface area contributed by atoms with Crippen molar-refractivity contribution in [3.05, 3.63) is 78.1 Å². The maximum Gasteiger partial charge on any atom is 0.331 e. The van der Waals surface area contributed by atoms with E-state index in [0.29, 0.717) is 16.9 Å². The SMILES string of the molecule is COc1ccc(C=CC(=O)OC2C(C)OC(OC3C4C=COC(OC5OC(CO)C(O)C(O)C5O)C4C4(CO)OC34)C(O)C2OC2OC(COC(=O)C=Cc3ccc(O)c(O)c3)C(O)C(O)C2O)cc1. The lowest BCUT2D eigenvalue weighted by Gasteiger charge is -2.47. The molecule has 0 radical (unpaired) electrons. The number of phenolic OH excluding ortho intramolecular Hbond substituents is 2. The van der Waals surface area contributed by atoms with Crippen LogP contribution in [0.25, 0.3) is 12.2 Å². The number of carbonyl (C=O) groups excluding carboxylic acids is 2. The lowest BCUT2D eigenvalue weighted by Crippen LogP contribution is -2.65. The quantitative estimate of drug-likeness (QED) is 0.0346. The van der Waals surface area contributed by atoms with E-state index < -0.39 is 166 Å². The minimum absolute atomic E-state index is 0.325. The molecule has 4 saturated heterocycles. The van der Waals surface area contributed by atoms with E-state index in [1.165, 1.54) is 50.6 Å². The number of hydrogen-bond donors (Lipinski definition) is 11. The van der Waals surface area contributed by atoms with Crippen molar-refractivity contribution in [2.24, 2.45) is 11.8 Å². The number of ether oxygens (including phenoxy) is 11. The predicted octanol–water partition coefficient (Wildman–Crippen LogP) is -2.97. The molecule has 5 aliphatic heterocycles. The third kappa shape index (κ3) is 10.4. The monoisotopic (exact) mass is 992 g/mol. The average molecular weight is 993 g/mol. The van der Waals surface area contributed by atoms with Crippen molar-refractivity contribution < 1.29 is 118 Å². The van der Waals surface area contributed by atoms with Gasteiger partial charge in [-0.3, -0.25) is 0 Å². The number of fused-ring (bicyclic) bond motifs is 3. The highest BCUT2D eigenvalue weighted by Gasteiger charge is 2.77. The Morgan fingerprint density at radius 2 is 1.29 bits per heavy atom. The smallest absolute Gasteiger partial charge is 0.331 e. The van der Waals surface area contributed by atoms with E-state index in [9.17, 15) is 65.8 Å². The first-order valence-corrected chi connectivity index (χ1v) is 22.3. The van der Waals surface area contributed by atoms with Crippen LogP contribution in [-0.2, 0) is 57.0 Å². The number of carbonyl (C=O) groups is 2. The van der Waals surface area contributed by atoms with Crippen LogP contribution in [0.5, 0.6) is 17.2 Å². The molecule has 5 heterocycles. The number of rotatable bonds is 16. The number of hydrogen-bond acceptors (Lipinski definition) is 24. The van der Waals surface area contributed by atoms with E-state index >= 15 is 0 Å². The molecule has 6 aliphatic rings. The zero-order chi connectivity index (χ0) is 50.2. The molecule has 1 saturated carbocycles. The first-order valence-electron chi connectivity index (χ1n) is 22.3. The molecule has 0 amide bonds. The van der Waals surface area contributed by atoms with Gasteiger partial charge in [0.15, 0.2) is 36.5 Å². The van der Waals surface area contributed by atoms with Crippen LogP contribution in [0.3, 0.4) is 0 Å². The van der Waals surface area contributed by atoms with Gasteiger partial charge < -0.3 is 108 Å². The van der Waals surface area contributed by atoms with Crippen molar-refractivity contribution in [2.75, 3.05) is 26.9 Å². The van der Waals surface area contributed by atoms with E-state index in [1.54, 1.807) is 30.3 Å². The largest absolute Gasteiger partial charge is 0.504 e. The number of aliphatic hydroxyl groups excluding tert-OH is 9. The van der Waals surface area contributed by atoms with Gasteiger partial charge in [0.25, 0.3) is 0 Å². The van der Waals surface area contributed by atoms with Crippen molar-refractivity contribution in [3.63, 3.8) is 0 Å². The first kappa shape index (κ1) is 51.5. The second-order valence-corrected chi connectivity index (χ2v) is 17.6. The molecule has 21 unspecified atom stereocenters. The van der Waals surface area contributed by atoms with E-state index in [2.05, 4.69) is 0 Å². The van der Waals surface area contributed by atoms with E-state index in [1.807, 2.05) is 0 Å². The maximum absolute atomic E-state index is 13.4. The molecule has 21 atom stereocenters. The molecule has 24 heteroatoms. The maximum atomic E-state index is 13.4. The van der Waals surface area contributed by atoms with Gasteiger partial charge in [-0.15, -0.1) is 0 Å². The van der Waals surface area contributed by atoms with Crippen LogP contribution in [0.1, 0.15) is 18.1 Å². The summed E-state index contributed by atoms with van der Waals surface area (Å²) < 4.78 is 64.0. The fraction of sp³-hybridized carbons (Fsp3) is 0.565. The van der Waals surface area contributed by atoms with Crippen LogP contribution >= 0.6 is 0 Å². The Kier molecular flexibility index (Phi) is 15.8. The second-order valence-electron chi connectivity index (χ2n) is 17.6. The summed E-state index contributed by atoms with van der Waals surface area (Å²) in [5, 5.41) is 116. The number of phenols is 2. The standard InChI is InChI=1S/C46H56O24/c1-19-38(66-29(52)12-6-20-3-8-22(60-2)9-4-20)40(68-43-35(57)34(56)32(54)27(65-43)17-62-28(51)11-7-21-5-10-24(49)25(50)15-21)37(59)45(63-19)67-39-23-13-14-61-42(30(23)46(18-48)41(39)70-46)69-44-36(58)33(55)31(53)26(16-47)64-44/h3-15,19,23,26-27,30-45,47-50,53-59H,16-18H2,1-2H3.